The Kier molecular flexibility index (Phi) is 5.64. The van der Waals surface area contributed by atoms with Crippen molar-refractivity contribution in [2.24, 2.45) is 0 Å². The second-order valence-corrected chi connectivity index (χ2v) is 11.9. The number of benzene rings is 6. The first-order valence-corrected chi connectivity index (χ1v) is 15.3. The van der Waals surface area contributed by atoms with Crippen LogP contribution in [-0.2, 0) is 0 Å². The molecule has 0 N–H and O–H groups in total. The van der Waals surface area contributed by atoms with E-state index in [0.717, 1.165) is 49.8 Å². The highest BCUT2D eigenvalue weighted by Crippen LogP contribution is 2.40. The van der Waals surface area contributed by atoms with Crippen molar-refractivity contribution in [2.75, 3.05) is 0 Å². The van der Waals surface area contributed by atoms with Crippen molar-refractivity contribution >= 4 is 53.4 Å². The second-order valence-electron chi connectivity index (χ2n) is 10.8. The Morgan fingerprint density at radius 1 is 0.432 bits per heavy atom. The van der Waals surface area contributed by atoms with Crippen molar-refractivity contribution in [3.63, 3.8) is 0 Å². The first-order chi connectivity index (χ1) is 21.8. The lowest BCUT2D eigenvalue weighted by molar-refractivity contribution is 0.669. The first-order valence-electron chi connectivity index (χ1n) is 14.5. The van der Waals surface area contributed by atoms with Gasteiger partial charge in [0.15, 0.2) is 17.5 Å². The Hall–Kier alpha value is -5.65. The second kappa shape index (κ2) is 9.97. The van der Waals surface area contributed by atoms with Crippen molar-refractivity contribution in [3.8, 4) is 45.3 Å². The fraction of sp³-hybridized carbons (Fsp3) is 0. The standard InChI is InChI=1S/C39H23N3OS/c1-2-11-24(12-3-1)37-40-38(42-39(41-37)31-19-9-18-29-28-15-5-7-22-34(28)44-36(29)31)26-14-8-13-25(23-26)27-17-10-21-33-35(27)30-16-4-6-20-32(30)43-33/h1-23H. The van der Waals surface area contributed by atoms with Gasteiger partial charge in [0, 0.05) is 47.6 Å². The molecule has 44 heavy (non-hydrogen) atoms. The zero-order valence-electron chi connectivity index (χ0n) is 23.4. The molecule has 206 valence electrons. The number of aromatic nitrogens is 3. The molecule has 9 aromatic rings. The number of thiophene rings is 1. The van der Waals surface area contributed by atoms with Gasteiger partial charge < -0.3 is 4.42 Å². The topological polar surface area (TPSA) is 51.8 Å². The summed E-state index contributed by atoms with van der Waals surface area (Å²) in [7, 11) is 0. The molecule has 0 aliphatic carbocycles. The number of para-hydroxylation sites is 1. The molecule has 0 aliphatic rings. The average molecular weight is 582 g/mol. The summed E-state index contributed by atoms with van der Waals surface area (Å²) in [6.07, 6.45) is 0. The van der Waals surface area contributed by atoms with Crippen LogP contribution in [0.25, 0.3) is 87.4 Å². The minimum absolute atomic E-state index is 0.637. The Bertz CT molecular complexity index is 2510. The summed E-state index contributed by atoms with van der Waals surface area (Å²) >= 11 is 1.78. The van der Waals surface area contributed by atoms with Crippen molar-refractivity contribution in [1.29, 1.82) is 0 Å². The lowest BCUT2D eigenvalue weighted by Crippen LogP contribution is -2.00. The van der Waals surface area contributed by atoms with E-state index in [2.05, 4.69) is 84.9 Å². The van der Waals surface area contributed by atoms with Gasteiger partial charge in [0.05, 0.1) is 0 Å². The van der Waals surface area contributed by atoms with Crippen LogP contribution in [0.15, 0.2) is 144 Å². The Morgan fingerprint density at radius 2 is 1.05 bits per heavy atom. The van der Waals surface area contributed by atoms with Crippen LogP contribution in [-0.4, -0.2) is 15.0 Å². The monoisotopic (exact) mass is 581 g/mol. The first kappa shape index (κ1) is 24.9. The molecule has 0 spiro atoms. The van der Waals surface area contributed by atoms with Crippen molar-refractivity contribution < 1.29 is 4.42 Å². The van der Waals surface area contributed by atoms with Crippen LogP contribution in [0.4, 0.5) is 0 Å². The van der Waals surface area contributed by atoms with Gasteiger partial charge in [-0.1, -0.05) is 109 Å². The third-order valence-electron chi connectivity index (χ3n) is 8.15. The number of nitrogens with zero attached hydrogens (tertiary/aromatic N) is 3. The highest BCUT2D eigenvalue weighted by atomic mass is 32.1. The Labute approximate surface area is 256 Å². The molecular weight excluding hydrogens is 559 g/mol. The quantitative estimate of drug-likeness (QED) is 0.207. The number of hydrogen-bond donors (Lipinski definition) is 0. The maximum atomic E-state index is 6.18. The van der Waals surface area contributed by atoms with E-state index in [4.69, 9.17) is 19.4 Å². The highest BCUT2D eigenvalue weighted by Gasteiger charge is 2.18. The maximum Gasteiger partial charge on any atom is 0.165 e. The third kappa shape index (κ3) is 4.02. The van der Waals surface area contributed by atoms with Crippen LogP contribution in [0.1, 0.15) is 0 Å². The summed E-state index contributed by atoms with van der Waals surface area (Å²) in [5.74, 6) is 1.95. The summed E-state index contributed by atoms with van der Waals surface area (Å²) in [5, 5.41) is 4.68. The smallest absolute Gasteiger partial charge is 0.165 e. The average Bonchev–Trinajstić information content (AvgIpc) is 3.67. The largest absolute Gasteiger partial charge is 0.456 e. The number of rotatable bonds is 4. The summed E-state index contributed by atoms with van der Waals surface area (Å²) in [6.45, 7) is 0. The fourth-order valence-electron chi connectivity index (χ4n) is 6.11. The van der Waals surface area contributed by atoms with E-state index in [-0.39, 0.29) is 0 Å². The van der Waals surface area contributed by atoms with Crippen LogP contribution < -0.4 is 0 Å². The molecular formula is C39H23N3OS. The zero-order chi connectivity index (χ0) is 29.0. The maximum absolute atomic E-state index is 6.18. The summed E-state index contributed by atoms with van der Waals surface area (Å²) in [4.78, 5) is 15.2. The van der Waals surface area contributed by atoms with Crippen molar-refractivity contribution in [3.05, 3.63) is 140 Å². The molecule has 9 rings (SSSR count). The van der Waals surface area contributed by atoms with Gasteiger partial charge in [-0.15, -0.1) is 11.3 Å². The lowest BCUT2D eigenvalue weighted by atomic mass is 9.98. The lowest BCUT2D eigenvalue weighted by Gasteiger charge is -2.10. The molecule has 0 amide bonds. The molecule has 0 fully saturated rings. The van der Waals surface area contributed by atoms with Gasteiger partial charge in [-0.05, 0) is 41.5 Å². The molecule has 5 heteroatoms. The van der Waals surface area contributed by atoms with Crippen molar-refractivity contribution in [2.45, 2.75) is 0 Å². The van der Waals surface area contributed by atoms with E-state index in [0.29, 0.717) is 17.5 Å². The SMILES string of the molecule is c1ccc(-c2nc(-c3cccc(-c4cccc5oc6ccccc6c45)c3)nc(-c3cccc4c3sc3ccccc34)n2)cc1. The minimum Gasteiger partial charge on any atom is -0.456 e. The number of fused-ring (bicyclic) bond motifs is 6. The molecule has 0 unspecified atom stereocenters. The predicted molar refractivity (Wildman–Crippen MR) is 182 cm³/mol. The highest BCUT2D eigenvalue weighted by molar-refractivity contribution is 7.26. The molecule has 0 radical (unpaired) electrons. The Balaban J connectivity index is 1.26. The molecule has 0 saturated heterocycles. The van der Waals surface area contributed by atoms with Crippen molar-refractivity contribution in [1.82, 2.24) is 15.0 Å². The predicted octanol–water partition coefficient (Wildman–Crippen LogP) is 10.8. The zero-order valence-corrected chi connectivity index (χ0v) is 24.3. The van der Waals surface area contributed by atoms with Gasteiger partial charge in [0.25, 0.3) is 0 Å². The van der Waals surface area contributed by atoms with Crippen LogP contribution in [0.2, 0.25) is 0 Å². The molecule has 6 aromatic carbocycles. The van der Waals surface area contributed by atoms with E-state index in [1.165, 1.54) is 20.2 Å². The summed E-state index contributed by atoms with van der Waals surface area (Å²) in [6, 6.07) is 47.9. The van der Waals surface area contributed by atoms with E-state index < -0.39 is 0 Å². The molecule has 4 nitrogen and oxygen atoms in total. The van der Waals surface area contributed by atoms with Gasteiger partial charge >= 0.3 is 0 Å². The van der Waals surface area contributed by atoms with E-state index in [9.17, 15) is 0 Å². The normalized spacial score (nSPS) is 11.6. The molecule has 0 saturated carbocycles. The van der Waals surface area contributed by atoms with Gasteiger partial charge in [-0.25, -0.2) is 15.0 Å². The van der Waals surface area contributed by atoms with Gasteiger partial charge in [0.2, 0.25) is 0 Å². The van der Waals surface area contributed by atoms with Gasteiger partial charge in [-0.3, -0.25) is 0 Å². The molecule has 3 aromatic heterocycles. The van der Waals surface area contributed by atoms with Gasteiger partial charge in [0.1, 0.15) is 11.2 Å². The van der Waals surface area contributed by atoms with E-state index in [1.807, 2.05) is 54.6 Å². The van der Waals surface area contributed by atoms with E-state index in [1.54, 1.807) is 11.3 Å². The van der Waals surface area contributed by atoms with Crippen LogP contribution in [0, 0.1) is 0 Å². The third-order valence-corrected chi connectivity index (χ3v) is 9.37. The summed E-state index contributed by atoms with van der Waals surface area (Å²) in [5.41, 5.74) is 6.84. The fourth-order valence-corrected chi connectivity index (χ4v) is 7.32. The molecule has 0 atom stereocenters. The van der Waals surface area contributed by atoms with Crippen LogP contribution in [0.5, 0.6) is 0 Å². The number of hydrogen-bond acceptors (Lipinski definition) is 5. The summed E-state index contributed by atoms with van der Waals surface area (Å²) < 4.78 is 8.61. The number of furan rings is 1. The van der Waals surface area contributed by atoms with Crippen LogP contribution in [0.3, 0.4) is 0 Å². The molecule has 0 bridgehead atoms. The molecule has 3 heterocycles. The molecule has 0 aliphatic heterocycles. The Morgan fingerprint density at radius 3 is 1.95 bits per heavy atom. The van der Waals surface area contributed by atoms with Gasteiger partial charge in [-0.2, -0.15) is 0 Å². The van der Waals surface area contributed by atoms with Crippen LogP contribution >= 0.6 is 11.3 Å². The van der Waals surface area contributed by atoms with E-state index >= 15 is 0 Å². The minimum atomic E-state index is 0.637.